The Balaban J connectivity index is 2.10. The molecule has 6 heteroatoms. The summed E-state index contributed by atoms with van der Waals surface area (Å²) in [5.74, 6) is 1.09. The third-order valence-corrected chi connectivity index (χ3v) is 4.21. The lowest BCUT2D eigenvalue weighted by molar-refractivity contribution is -0.0275. The van der Waals surface area contributed by atoms with Gasteiger partial charge >= 0.3 is 12.3 Å². The fourth-order valence-corrected chi connectivity index (χ4v) is 2.63. The SMILES string of the molecule is CC(C)CCCOC(=O)OC1CCC(OC(=O)OCCC(C)C)CC1. The maximum Gasteiger partial charge on any atom is 0.508 e. The van der Waals surface area contributed by atoms with Crippen LogP contribution in [0, 0.1) is 11.8 Å². The van der Waals surface area contributed by atoms with Crippen LogP contribution in [0.2, 0.25) is 0 Å². The minimum Gasteiger partial charge on any atom is -0.434 e. The van der Waals surface area contributed by atoms with Crippen molar-refractivity contribution in [2.45, 2.75) is 84.8 Å². The van der Waals surface area contributed by atoms with Gasteiger partial charge in [0.1, 0.15) is 12.2 Å². The Morgan fingerprint density at radius 3 is 1.64 bits per heavy atom. The lowest BCUT2D eigenvalue weighted by atomic mass is 9.95. The summed E-state index contributed by atoms with van der Waals surface area (Å²) in [6, 6.07) is 0. The Hall–Kier alpha value is -1.46. The van der Waals surface area contributed by atoms with Crippen molar-refractivity contribution in [3.05, 3.63) is 0 Å². The molecule has 0 spiro atoms. The van der Waals surface area contributed by atoms with E-state index in [2.05, 4.69) is 27.7 Å². The van der Waals surface area contributed by atoms with E-state index in [1.807, 2.05) is 0 Å². The third-order valence-electron chi connectivity index (χ3n) is 4.21. The number of carbonyl (C=O) groups is 2. The smallest absolute Gasteiger partial charge is 0.434 e. The Kier molecular flexibility index (Phi) is 10.3. The normalized spacial score (nSPS) is 20.4. The Bertz CT molecular complexity index is 385. The van der Waals surface area contributed by atoms with Crippen molar-refractivity contribution >= 4 is 12.3 Å². The number of ether oxygens (including phenoxy) is 4. The first-order chi connectivity index (χ1) is 11.9. The predicted octanol–water partition coefficient (Wildman–Crippen LogP) is 5.09. The van der Waals surface area contributed by atoms with Gasteiger partial charge in [-0.25, -0.2) is 9.59 Å². The van der Waals surface area contributed by atoms with E-state index in [0.29, 0.717) is 50.7 Å². The molecule has 0 aliphatic heterocycles. The molecule has 1 aliphatic carbocycles. The topological polar surface area (TPSA) is 71.1 Å². The second kappa shape index (κ2) is 12.0. The number of carbonyl (C=O) groups excluding carboxylic acids is 2. The van der Waals surface area contributed by atoms with Crippen LogP contribution in [0.4, 0.5) is 9.59 Å². The van der Waals surface area contributed by atoms with Crippen molar-refractivity contribution in [1.29, 1.82) is 0 Å². The van der Waals surface area contributed by atoms with E-state index in [9.17, 15) is 9.59 Å². The van der Waals surface area contributed by atoms with Crippen LogP contribution in [0.5, 0.6) is 0 Å². The van der Waals surface area contributed by atoms with Gasteiger partial charge in [-0.2, -0.15) is 0 Å². The van der Waals surface area contributed by atoms with Crippen LogP contribution in [0.25, 0.3) is 0 Å². The van der Waals surface area contributed by atoms with Gasteiger partial charge in [0, 0.05) is 0 Å². The lowest BCUT2D eigenvalue weighted by Gasteiger charge is -2.27. The fraction of sp³-hybridized carbons (Fsp3) is 0.895. The fourth-order valence-electron chi connectivity index (χ4n) is 2.63. The van der Waals surface area contributed by atoms with Crippen LogP contribution in [0.15, 0.2) is 0 Å². The number of hydrogen-bond donors (Lipinski definition) is 0. The molecule has 0 aromatic carbocycles. The second-order valence-corrected chi connectivity index (χ2v) is 7.55. The minimum absolute atomic E-state index is 0.158. The highest BCUT2D eigenvalue weighted by Gasteiger charge is 2.27. The zero-order valence-corrected chi connectivity index (χ0v) is 16.1. The summed E-state index contributed by atoms with van der Waals surface area (Å²) in [5, 5.41) is 0. The summed E-state index contributed by atoms with van der Waals surface area (Å²) < 4.78 is 20.7. The largest absolute Gasteiger partial charge is 0.508 e. The molecule has 0 N–H and O–H groups in total. The average molecular weight is 358 g/mol. The van der Waals surface area contributed by atoms with Crippen molar-refractivity contribution < 1.29 is 28.5 Å². The van der Waals surface area contributed by atoms with E-state index >= 15 is 0 Å². The van der Waals surface area contributed by atoms with Crippen molar-refractivity contribution in [3.63, 3.8) is 0 Å². The molecule has 0 heterocycles. The van der Waals surface area contributed by atoms with Gasteiger partial charge in [0.05, 0.1) is 13.2 Å². The Morgan fingerprint density at radius 2 is 1.20 bits per heavy atom. The minimum atomic E-state index is -0.602. The highest BCUT2D eigenvalue weighted by atomic mass is 16.7. The highest BCUT2D eigenvalue weighted by Crippen LogP contribution is 2.24. The maximum atomic E-state index is 11.6. The number of rotatable bonds is 9. The molecule has 0 radical (unpaired) electrons. The number of hydrogen-bond acceptors (Lipinski definition) is 6. The van der Waals surface area contributed by atoms with Crippen LogP contribution in [0.1, 0.15) is 72.6 Å². The van der Waals surface area contributed by atoms with E-state index < -0.39 is 12.3 Å². The zero-order chi connectivity index (χ0) is 18.7. The molecule has 1 fully saturated rings. The lowest BCUT2D eigenvalue weighted by Crippen LogP contribution is -2.30. The van der Waals surface area contributed by atoms with Crippen LogP contribution in [-0.4, -0.2) is 37.7 Å². The van der Waals surface area contributed by atoms with Gasteiger partial charge in [-0.3, -0.25) is 0 Å². The molecule has 146 valence electrons. The molecule has 0 bridgehead atoms. The first-order valence-electron chi connectivity index (χ1n) is 9.53. The van der Waals surface area contributed by atoms with E-state index in [1.165, 1.54) is 0 Å². The van der Waals surface area contributed by atoms with E-state index in [1.54, 1.807) is 0 Å². The molecule has 0 aromatic heterocycles. The van der Waals surface area contributed by atoms with Crippen molar-refractivity contribution in [3.8, 4) is 0 Å². The highest BCUT2D eigenvalue weighted by molar-refractivity contribution is 5.60. The van der Waals surface area contributed by atoms with E-state index in [4.69, 9.17) is 18.9 Å². The van der Waals surface area contributed by atoms with Crippen LogP contribution < -0.4 is 0 Å². The molecule has 6 nitrogen and oxygen atoms in total. The van der Waals surface area contributed by atoms with Crippen molar-refractivity contribution in [2.75, 3.05) is 13.2 Å². The first kappa shape index (κ1) is 21.6. The van der Waals surface area contributed by atoms with Gasteiger partial charge in [-0.05, 0) is 56.8 Å². The summed E-state index contributed by atoms with van der Waals surface area (Å²) in [7, 11) is 0. The van der Waals surface area contributed by atoms with Gasteiger partial charge in [0.2, 0.25) is 0 Å². The molecule has 0 atom stereocenters. The summed E-state index contributed by atoms with van der Waals surface area (Å²) in [6.07, 6.45) is 3.88. The third kappa shape index (κ3) is 10.9. The van der Waals surface area contributed by atoms with Gasteiger partial charge in [0.15, 0.2) is 0 Å². The van der Waals surface area contributed by atoms with E-state index in [-0.39, 0.29) is 12.2 Å². The predicted molar refractivity (Wildman–Crippen MR) is 94.4 cm³/mol. The van der Waals surface area contributed by atoms with Crippen molar-refractivity contribution in [1.82, 2.24) is 0 Å². The van der Waals surface area contributed by atoms with Gasteiger partial charge in [-0.1, -0.05) is 27.7 Å². The maximum absolute atomic E-state index is 11.6. The average Bonchev–Trinajstić information content (AvgIpc) is 2.53. The van der Waals surface area contributed by atoms with Crippen LogP contribution in [-0.2, 0) is 18.9 Å². The molecule has 1 rings (SSSR count). The molecule has 0 saturated heterocycles. The first-order valence-corrected chi connectivity index (χ1v) is 9.53. The van der Waals surface area contributed by atoms with Crippen molar-refractivity contribution in [2.24, 2.45) is 11.8 Å². The molecule has 0 unspecified atom stereocenters. The van der Waals surface area contributed by atoms with Gasteiger partial charge < -0.3 is 18.9 Å². The Labute approximate surface area is 151 Å². The molecular weight excluding hydrogens is 324 g/mol. The zero-order valence-electron chi connectivity index (χ0n) is 16.1. The monoisotopic (exact) mass is 358 g/mol. The van der Waals surface area contributed by atoms with Crippen LogP contribution >= 0.6 is 0 Å². The second-order valence-electron chi connectivity index (χ2n) is 7.55. The van der Waals surface area contributed by atoms with Gasteiger partial charge in [0.25, 0.3) is 0 Å². The quantitative estimate of drug-likeness (QED) is 0.422. The summed E-state index contributed by atoms with van der Waals surface area (Å²) >= 11 is 0. The van der Waals surface area contributed by atoms with Gasteiger partial charge in [-0.15, -0.1) is 0 Å². The van der Waals surface area contributed by atoms with E-state index in [0.717, 1.165) is 19.3 Å². The molecule has 0 amide bonds. The molecule has 25 heavy (non-hydrogen) atoms. The molecular formula is C19H34O6. The van der Waals surface area contributed by atoms with Crippen LogP contribution in [0.3, 0.4) is 0 Å². The summed E-state index contributed by atoms with van der Waals surface area (Å²) in [6.45, 7) is 9.21. The Morgan fingerprint density at radius 1 is 0.760 bits per heavy atom. The molecule has 1 aliphatic rings. The summed E-state index contributed by atoms with van der Waals surface area (Å²) in [4.78, 5) is 23.2. The molecule has 1 saturated carbocycles. The summed E-state index contributed by atoms with van der Waals surface area (Å²) in [5.41, 5.74) is 0. The standard InChI is InChI=1S/C19H34O6/c1-14(2)6-5-12-22-18(20)24-16-7-9-17(10-8-16)25-19(21)23-13-11-15(3)4/h14-17H,5-13H2,1-4H3. The molecule has 0 aromatic rings.